The van der Waals surface area contributed by atoms with Crippen LogP contribution in [0.2, 0.25) is 0 Å². The van der Waals surface area contributed by atoms with E-state index in [9.17, 15) is 0 Å². The molecule has 0 fully saturated rings. The number of aromatic nitrogens is 2. The molecule has 1 heterocycles. The minimum absolute atomic E-state index is 0.568. The smallest absolute Gasteiger partial charge is 0.142 e. The highest BCUT2D eigenvalue weighted by molar-refractivity contribution is 14.1. The second kappa shape index (κ2) is 6.40. The Labute approximate surface area is 103 Å². The number of halogens is 2. The van der Waals surface area contributed by atoms with E-state index >= 15 is 0 Å². The van der Waals surface area contributed by atoms with E-state index in [-0.39, 0.29) is 0 Å². The normalized spacial score (nSPS) is 12.5. The largest absolute Gasteiger partial charge is 0.369 e. The number of hydrogen-bond donors (Lipinski definition) is 1. The predicted octanol–water partition coefficient (Wildman–Crippen LogP) is 2.76. The van der Waals surface area contributed by atoms with Gasteiger partial charge in [0.15, 0.2) is 0 Å². The Morgan fingerprint density at radius 1 is 1.64 bits per heavy atom. The highest BCUT2D eigenvalue weighted by Crippen LogP contribution is 2.13. The monoisotopic (exact) mass is 325 g/mol. The maximum absolute atomic E-state index is 5.65. The molecule has 78 valence electrons. The molecule has 0 saturated carbocycles. The van der Waals surface area contributed by atoms with Gasteiger partial charge in [0.1, 0.15) is 12.1 Å². The molecule has 1 aromatic rings. The molecule has 0 bridgehead atoms. The maximum Gasteiger partial charge on any atom is 0.142 e. The van der Waals surface area contributed by atoms with Gasteiger partial charge < -0.3 is 5.32 Å². The summed E-state index contributed by atoms with van der Waals surface area (Å²) in [6, 6.07) is 0. The standard InChI is InChI=1S/C9H13ClIN3/c1-7(2-3-10)4-13-9-8(11)5-12-6-14-9/h5-7H,2-4H2,1H3,(H,12,13,14). The quantitative estimate of drug-likeness (QED) is 0.668. The van der Waals surface area contributed by atoms with Gasteiger partial charge in [-0.3, -0.25) is 0 Å². The lowest BCUT2D eigenvalue weighted by atomic mass is 10.1. The zero-order valence-electron chi connectivity index (χ0n) is 8.00. The third-order valence-electron chi connectivity index (χ3n) is 1.89. The van der Waals surface area contributed by atoms with Crippen molar-refractivity contribution in [1.82, 2.24) is 9.97 Å². The van der Waals surface area contributed by atoms with Crippen molar-refractivity contribution in [2.75, 3.05) is 17.7 Å². The Bertz CT molecular complexity index is 283. The number of hydrogen-bond acceptors (Lipinski definition) is 3. The third kappa shape index (κ3) is 3.96. The van der Waals surface area contributed by atoms with E-state index in [2.05, 4.69) is 44.8 Å². The molecule has 1 rings (SSSR count). The number of nitrogens with one attached hydrogen (secondary N) is 1. The van der Waals surface area contributed by atoms with E-state index in [1.54, 1.807) is 12.5 Å². The number of nitrogens with zero attached hydrogens (tertiary/aromatic N) is 2. The Hall–Kier alpha value is -0.100. The lowest BCUT2D eigenvalue weighted by molar-refractivity contribution is 0.595. The Morgan fingerprint density at radius 2 is 2.43 bits per heavy atom. The molecule has 1 atom stereocenters. The summed E-state index contributed by atoms with van der Waals surface area (Å²) in [5.41, 5.74) is 0. The van der Waals surface area contributed by atoms with Gasteiger partial charge in [0, 0.05) is 18.6 Å². The summed E-state index contributed by atoms with van der Waals surface area (Å²) in [5.74, 6) is 2.18. The van der Waals surface area contributed by atoms with Crippen LogP contribution in [0.3, 0.4) is 0 Å². The Morgan fingerprint density at radius 3 is 3.07 bits per heavy atom. The molecular weight excluding hydrogens is 312 g/mol. The molecule has 1 N–H and O–H groups in total. The fraction of sp³-hybridized carbons (Fsp3) is 0.556. The van der Waals surface area contributed by atoms with Gasteiger partial charge in [0.2, 0.25) is 0 Å². The maximum atomic E-state index is 5.65. The van der Waals surface area contributed by atoms with Crippen LogP contribution < -0.4 is 5.32 Å². The van der Waals surface area contributed by atoms with Crippen LogP contribution in [0.1, 0.15) is 13.3 Å². The predicted molar refractivity (Wildman–Crippen MR) is 67.7 cm³/mol. The van der Waals surface area contributed by atoms with E-state index < -0.39 is 0 Å². The summed E-state index contributed by atoms with van der Waals surface area (Å²) >= 11 is 7.87. The molecule has 5 heteroatoms. The Balaban J connectivity index is 2.41. The summed E-state index contributed by atoms with van der Waals surface area (Å²) in [6.07, 6.45) is 4.37. The first-order valence-corrected chi connectivity index (χ1v) is 6.10. The van der Waals surface area contributed by atoms with Gasteiger partial charge in [0.05, 0.1) is 3.57 Å². The molecule has 0 aliphatic heterocycles. The number of rotatable bonds is 5. The average Bonchev–Trinajstić information content (AvgIpc) is 2.17. The molecule has 0 amide bonds. The van der Waals surface area contributed by atoms with Crippen LogP contribution in [0, 0.1) is 9.49 Å². The van der Waals surface area contributed by atoms with Crippen molar-refractivity contribution in [2.24, 2.45) is 5.92 Å². The van der Waals surface area contributed by atoms with Crippen LogP contribution in [-0.2, 0) is 0 Å². The van der Waals surface area contributed by atoms with Gasteiger partial charge >= 0.3 is 0 Å². The zero-order chi connectivity index (χ0) is 10.4. The van der Waals surface area contributed by atoms with Crippen molar-refractivity contribution in [1.29, 1.82) is 0 Å². The summed E-state index contributed by atoms with van der Waals surface area (Å²) in [4.78, 5) is 8.08. The van der Waals surface area contributed by atoms with Crippen LogP contribution >= 0.6 is 34.2 Å². The number of anilines is 1. The minimum Gasteiger partial charge on any atom is -0.369 e. The first-order valence-electron chi connectivity index (χ1n) is 4.49. The molecule has 3 nitrogen and oxygen atoms in total. The van der Waals surface area contributed by atoms with Gasteiger partial charge in [-0.25, -0.2) is 9.97 Å². The SMILES string of the molecule is CC(CCCl)CNc1ncncc1I. The van der Waals surface area contributed by atoms with Gasteiger partial charge in [-0.1, -0.05) is 6.92 Å². The van der Waals surface area contributed by atoms with Crippen molar-refractivity contribution in [2.45, 2.75) is 13.3 Å². The molecule has 1 unspecified atom stereocenters. The van der Waals surface area contributed by atoms with Crippen LogP contribution in [0.15, 0.2) is 12.5 Å². The van der Waals surface area contributed by atoms with Crippen LogP contribution in [0.5, 0.6) is 0 Å². The van der Waals surface area contributed by atoms with Crippen molar-refractivity contribution in [3.63, 3.8) is 0 Å². The first-order chi connectivity index (χ1) is 6.74. The van der Waals surface area contributed by atoms with Crippen molar-refractivity contribution < 1.29 is 0 Å². The molecule has 0 saturated heterocycles. The zero-order valence-corrected chi connectivity index (χ0v) is 10.9. The van der Waals surface area contributed by atoms with E-state index in [1.165, 1.54) is 0 Å². The lowest BCUT2D eigenvalue weighted by Crippen LogP contribution is -2.13. The average molecular weight is 326 g/mol. The second-order valence-electron chi connectivity index (χ2n) is 3.18. The summed E-state index contributed by atoms with van der Waals surface area (Å²) in [7, 11) is 0. The van der Waals surface area contributed by atoms with Gasteiger partial charge in [-0.15, -0.1) is 11.6 Å². The summed E-state index contributed by atoms with van der Waals surface area (Å²) < 4.78 is 1.04. The molecule has 0 aliphatic rings. The fourth-order valence-corrected chi connectivity index (χ4v) is 1.87. The molecule has 0 aliphatic carbocycles. The van der Waals surface area contributed by atoms with Crippen LogP contribution in [0.4, 0.5) is 5.82 Å². The van der Waals surface area contributed by atoms with Crippen molar-refractivity contribution >= 4 is 40.0 Å². The molecular formula is C9H13ClIN3. The third-order valence-corrected chi connectivity index (χ3v) is 2.90. The first kappa shape index (κ1) is 12.0. The highest BCUT2D eigenvalue weighted by atomic mass is 127. The van der Waals surface area contributed by atoms with Gasteiger partial charge in [0.25, 0.3) is 0 Å². The molecule has 14 heavy (non-hydrogen) atoms. The topological polar surface area (TPSA) is 37.8 Å². The molecule has 0 spiro atoms. The number of alkyl halides is 1. The minimum atomic E-state index is 0.568. The van der Waals surface area contributed by atoms with E-state index in [4.69, 9.17) is 11.6 Å². The molecule has 0 radical (unpaired) electrons. The van der Waals surface area contributed by atoms with Crippen molar-refractivity contribution in [3.8, 4) is 0 Å². The van der Waals surface area contributed by atoms with E-state index in [0.717, 1.165) is 22.4 Å². The second-order valence-corrected chi connectivity index (χ2v) is 4.72. The van der Waals surface area contributed by atoms with Crippen LogP contribution in [-0.4, -0.2) is 22.4 Å². The van der Waals surface area contributed by atoms with E-state index in [0.29, 0.717) is 11.8 Å². The van der Waals surface area contributed by atoms with Crippen LogP contribution in [0.25, 0.3) is 0 Å². The lowest BCUT2D eigenvalue weighted by Gasteiger charge is -2.11. The summed E-state index contributed by atoms with van der Waals surface area (Å²) in [5, 5.41) is 3.28. The summed E-state index contributed by atoms with van der Waals surface area (Å²) in [6.45, 7) is 3.07. The Kier molecular flexibility index (Phi) is 5.47. The molecule has 1 aromatic heterocycles. The van der Waals surface area contributed by atoms with E-state index in [1.807, 2.05) is 0 Å². The fourth-order valence-electron chi connectivity index (χ4n) is 1.00. The molecule has 0 aromatic carbocycles. The van der Waals surface area contributed by atoms with Gasteiger partial charge in [-0.05, 0) is 34.9 Å². The highest BCUT2D eigenvalue weighted by Gasteiger charge is 2.03. The van der Waals surface area contributed by atoms with Gasteiger partial charge in [-0.2, -0.15) is 0 Å². The van der Waals surface area contributed by atoms with Crippen molar-refractivity contribution in [3.05, 3.63) is 16.1 Å².